The smallest absolute Gasteiger partial charge is 0.338 e. The summed E-state index contributed by atoms with van der Waals surface area (Å²) in [7, 11) is 0. The Bertz CT molecular complexity index is 794. The minimum absolute atomic E-state index is 0.0749. The van der Waals surface area contributed by atoms with E-state index in [0.29, 0.717) is 18.5 Å². The van der Waals surface area contributed by atoms with Crippen LogP contribution in [0.25, 0.3) is 6.08 Å². The van der Waals surface area contributed by atoms with Crippen LogP contribution < -0.4 is 9.84 Å². The fourth-order valence-electron chi connectivity index (χ4n) is 1.97. The van der Waals surface area contributed by atoms with Crippen LogP contribution in [0.2, 0.25) is 0 Å². The lowest BCUT2D eigenvalue weighted by Gasteiger charge is -2.13. The fraction of sp³-hybridized carbons (Fsp3) is 0.111. The maximum atomic E-state index is 12.0. The van der Waals surface area contributed by atoms with Crippen molar-refractivity contribution in [3.05, 3.63) is 66.8 Å². The maximum Gasteiger partial charge on any atom is 0.338 e. The lowest BCUT2D eigenvalue weighted by Crippen LogP contribution is -2.22. The quantitative estimate of drug-likeness (QED) is 0.294. The zero-order valence-electron chi connectivity index (χ0n) is 13.0. The molecule has 0 saturated carbocycles. The third kappa shape index (κ3) is 5.43. The number of hydrogen-bond acceptors (Lipinski definition) is 5. The summed E-state index contributed by atoms with van der Waals surface area (Å²) in [6, 6.07) is 9.91. The van der Waals surface area contributed by atoms with Gasteiger partial charge in [-0.25, -0.2) is 4.79 Å². The summed E-state index contributed by atoms with van der Waals surface area (Å²) in [4.78, 5) is 22.9. The van der Waals surface area contributed by atoms with Crippen molar-refractivity contribution >= 4 is 63.2 Å². The first-order valence-corrected chi connectivity index (χ1v) is 9.31. The molecule has 2 rings (SSSR count). The van der Waals surface area contributed by atoms with Crippen LogP contribution in [0, 0.1) is 7.14 Å². The van der Waals surface area contributed by atoms with Crippen LogP contribution in [0.4, 0.5) is 0 Å². The van der Waals surface area contributed by atoms with Crippen molar-refractivity contribution in [1.29, 1.82) is 0 Å². The molecule has 0 fully saturated rings. The molecule has 0 saturated heterocycles. The van der Waals surface area contributed by atoms with Crippen LogP contribution in [0.5, 0.6) is 5.75 Å². The molecule has 2 aromatic carbocycles. The molecule has 0 N–H and O–H groups in total. The highest BCUT2D eigenvalue weighted by atomic mass is 127. The van der Waals surface area contributed by atoms with Crippen molar-refractivity contribution in [2.24, 2.45) is 0 Å². The average molecular weight is 563 g/mol. The number of carbonyl (C=O) groups is 2. The molecule has 0 amide bonds. The van der Waals surface area contributed by atoms with Crippen LogP contribution in [0.15, 0.2) is 43.0 Å². The molecule has 5 nitrogen and oxygen atoms in total. The Balaban J connectivity index is 1.92. The van der Waals surface area contributed by atoms with E-state index >= 15 is 0 Å². The SMILES string of the molecule is C=Cc1cccc(C(=O)OCCOc2c(I)cc(C(=O)[O-])cc2I)c1. The summed E-state index contributed by atoms with van der Waals surface area (Å²) in [5.74, 6) is -1.13. The van der Waals surface area contributed by atoms with E-state index in [-0.39, 0.29) is 18.8 Å². The second-order valence-electron chi connectivity index (χ2n) is 4.87. The minimum Gasteiger partial charge on any atom is -0.545 e. The molecule has 0 aromatic heterocycles. The lowest BCUT2D eigenvalue weighted by atomic mass is 10.1. The Kier molecular flexibility index (Phi) is 7.24. The summed E-state index contributed by atoms with van der Waals surface area (Å²) < 4.78 is 12.1. The zero-order chi connectivity index (χ0) is 18.4. The largest absolute Gasteiger partial charge is 0.545 e. The molecule has 130 valence electrons. The number of carboxylic acid groups (broad SMARTS) is 1. The van der Waals surface area contributed by atoms with Gasteiger partial charge >= 0.3 is 5.97 Å². The molecule has 0 heterocycles. The third-order valence-electron chi connectivity index (χ3n) is 3.15. The molecule has 0 aliphatic heterocycles. The molecular weight excluding hydrogens is 550 g/mol. The summed E-state index contributed by atoms with van der Waals surface area (Å²) in [5.41, 5.74) is 1.37. The molecule has 0 bridgehead atoms. The number of ether oxygens (including phenoxy) is 2. The fourth-order valence-corrected chi connectivity index (χ4v) is 4.05. The first-order valence-electron chi connectivity index (χ1n) is 7.15. The number of halogens is 2. The molecule has 0 radical (unpaired) electrons. The standard InChI is InChI=1S/C18H14I2O5/c1-2-11-4-3-5-12(8-11)18(23)25-7-6-24-16-14(19)9-13(17(21)22)10-15(16)20/h2-5,8-10H,1,6-7H2,(H,21,22)/p-1. The second-order valence-corrected chi connectivity index (χ2v) is 7.19. The van der Waals surface area contributed by atoms with Crippen LogP contribution in [-0.4, -0.2) is 25.2 Å². The van der Waals surface area contributed by atoms with Crippen molar-refractivity contribution in [2.75, 3.05) is 13.2 Å². The molecule has 25 heavy (non-hydrogen) atoms. The van der Waals surface area contributed by atoms with Gasteiger partial charge in [-0.1, -0.05) is 24.8 Å². The van der Waals surface area contributed by atoms with Crippen LogP contribution in [0.1, 0.15) is 26.3 Å². The summed E-state index contributed by atoms with van der Waals surface area (Å²) in [6.45, 7) is 3.89. The number of carbonyl (C=O) groups excluding carboxylic acids is 2. The number of benzene rings is 2. The molecule has 2 aromatic rings. The van der Waals surface area contributed by atoms with E-state index in [1.165, 1.54) is 12.1 Å². The van der Waals surface area contributed by atoms with Gasteiger partial charge in [0.2, 0.25) is 0 Å². The van der Waals surface area contributed by atoms with Gasteiger partial charge in [0.15, 0.2) is 0 Å². The van der Waals surface area contributed by atoms with Gasteiger partial charge in [-0.3, -0.25) is 0 Å². The Hall–Kier alpha value is -1.62. The van der Waals surface area contributed by atoms with Gasteiger partial charge in [-0.2, -0.15) is 0 Å². The van der Waals surface area contributed by atoms with Crippen molar-refractivity contribution < 1.29 is 24.2 Å². The maximum absolute atomic E-state index is 12.0. The predicted molar refractivity (Wildman–Crippen MR) is 109 cm³/mol. The van der Waals surface area contributed by atoms with E-state index < -0.39 is 11.9 Å². The predicted octanol–water partition coefficient (Wildman–Crippen LogP) is 3.14. The first-order chi connectivity index (χ1) is 11.9. The number of aromatic carboxylic acids is 1. The molecule has 0 aliphatic carbocycles. The van der Waals surface area contributed by atoms with Crippen LogP contribution >= 0.6 is 45.2 Å². The molecule has 7 heteroatoms. The topological polar surface area (TPSA) is 75.7 Å². The summed E-state index contributed by atoms with van der Waals surface area (Å²) >= 11 is 3.98. The van der Waals surface area contributed by atoms with E-state index in [1.807, 2.05) is 51.2 Å². The Morgan fingerprint density at radius 2 is 1.76 bits per heavy atom. The highest BCUT2D eigenvalue weighted by Gasteiger charge is 2.11. The van der Waals surface area contributed by atoms with Crippen molar-refractivity contribution in [1.82, 2.24) is 0 Å². The number of esters is 1. The van der Waals surface area contributed by atoms with Crippen LogP contribution in [-0.2, 0) is 4.74 Å². The van der Waals surface area contributed by atoms with Gasteiger partial charge in [0.25, 0.3) is 0 Å². The molecule has 0 unspecified atom stereocenters. The minimum atomic E-state index is -1.24. The van der Waals surface area contributed by atoms with E-state index in [4.69, 9.17) is 9.47 Å². The highest BCUT2D eigenvalue weighted by molar-refractivity contribution is 14.1. The van der Waals surface area contributed by atoms with Crippen molar-refractivity contribution in [2.45, 2.75) is 0 Å². The molecular formula is C18H13I2O5-. The molecule has 0 spiro atoms. The zero-order valence-corrected chi connectivity index (χ0v) is 17.3. The first kappa shape index (κ1) is 19.7. The van der Waals surface area contributed by atoms with Gasteiger partial charge in [-0.15, -0.1) is 0 Å². The Labute approximate surface area is 172 Å². The molecule has 0 atom stereocenters. The Morgan fingerprint density at radius 1 is 1.08 bits per heavy atom. The molecule has 0 aliphatic rings. The monoisotopic (exact) mass is 563 g/mol. The van der Waals surface area contributed by atoms with Crippen molar-refractivity contribution in [3.63, 3.8) is 0 Å². The van der Waals surface area contributed by atoms with E-state index in [2.05, 4.69) is 6.58 Å². The Morgan fingerprint density at radius 3 is 2.36 bits per heavy atom. The van der Waals surface area contributed by atoms with Gasteiger partial charge in [0.1, 0.15) is 19.0 Å². The van der Waals surface area contributed by atoms with Gasteiger partial charge in [0.05, 0.1) is 18.7 Å². The van der Waals surface area contributed by atoms with Crippen LogP contribution in [0.3, 0.4) is 0 Å². The van der Waals surface area contributed by atoms with E-state index in [9.17, 15) is 14.7 Å². The average Bonchev–Trinajstić information content (AvgIpc) is 2.59. The number of hydrogen-bond donors (Lipinski definition) is 0. The second kappa shape index (κ2) is 9.18. The van der Waals surface area contributed by atoms with Crippen molar-refractivity contribution in [3.8, 4) is 5.75 Å². The van der Waals surface area contributed by atoms with Gasteiger partial charge < -0.3 is 19.4 Å². The van der Waals surface area contributed by atoms with E-state index in [0.717, 1.165) is 5.56 Å². The number of carboxylic acids is 1. The van der Waals surface area contributed by atoms with Gasteiger partial charge in [-0.05, 0) is 80.6 Å². The third-order valence-corrected chi connectivity index (χ3v) is 4.76. The van der Waals surface area contributed by atoms with E-state index in [1.54, 1.807) is 24.3 Å². The summed E-state index contributed by atoms with van der Waals surface area (Å²) in [6.07, 6.45) is 1.65. The highest BCUT2D eigenvalue weighted by Crippen LogP contribution is 2.28. The van der Waals surface area contributed by atoms with Gasteiger partial charge in [0, 0.05) is 0 Å². The normalized spacial score (nSPS) is 10.2. The number of rotatable bonds is 7. The lowest BCUT2D eigenvalue weighted by molar-refractivity contribution is -0.255. The summed E-state index contributed by atoms with van der Waals surface area (Å²) in [5, 5.41) is 10.9.